The highest BCUT2D eigenvalue weighted by Crippen LogP contribution is 2.18. The van der Waals surface area contributed by atoms with Gasteiger partial charge < -0.3 is 20.9 Å². The molecule has 0 spiro atoms. The predicted octanol–water partition coefficient (Wildman–Crippen LogP) is 1.81. The average molecular weight is 238 g/mol. The first-order chi connectivity index (χ1) is 8.15. The zero-order valence-electron chi connectivity index (χ0n) is 9.90. The van der Waals surface area contributed by atoms with Crippen molar-refractivity contribution < 1.29 is 14.6 Å². The second-order valence-corrected chi connectivity index (χ2v) is 3.59. The zero-order chi connectivity index (χ0) is 12.7. The van der Waals surface area contributed by atoms with Crippen molar-refractivity contribution >= 4 is 17.3 Å². The lowest BCUT2D eigenvalue weighted by Gasteiger charge is -2.10. The van der Waals surface area contributed by atoms with Crippen molar-refractivity contribution in [2.75, 3.05) is 30.8 Å². The van der Waals surface area contributed by atoms with Crippen LogP contribution in [0.2, 0.25) is 0 Å². The summed E-state index contributed by atoms with van der Waals surface area (Å²) in [6.07, 6.45) is 0.831. The molecule has 1 aromatic rings. The summed E-state index contributed by atoms with van der Waals surface area (Å²) in [5, 5.41) is 12.1. The van der Waals surface area contributed by atoms with Gasteiger partial charge in [-0.05, 0) is 31.5 Å². The molecule has 0 heterocycles. The Bertz CT molecular complexity index is 380. The van der Waals surface area contributed by atoms with E-state index < -0.39 is 5.97 Å². The smallest absolute Gasteiger partial charge is 0.337 e. The normalized spacial score (nSPS) is 10.2. The summed E-state index contributed by atoms with van der Waals surface area (Å²) in [4.78, 5) is 11.0. The molecule has 0 unspecified atom stereocenters. The van der Waals surface area contributed by atoms with Crippen molar-refractivity contribution in [2.45, 2.75) is 13.3 Å². The number of rotatable bonds is 7. The van der Waals surface area contributed by atoms with Gasteiger partial charge in [-0.2, -0.15) is 0 Å². The van der Waals surface area contributed by atoms with Crippen LogP contribution in [-0.2, 0) is 4.74 Å². The first kappa shape index (κ1) is 13.3. The van der Waals surface area contributed by atoms with Crippen LogP contribution in [0.25, 0.3) is 0 Å². The molecule has 1 aromatic carbocycles. The fraction of sp³-hybridized carbons (Fsp3) is 0.417. The Kier molecular flexibility index (Phi) is 5.29. The number of aromatic carboxylic acids is 1. The highest BCUT2D eigenvalue weighted by Gasteiger charge is 2.09. The van der Waals surface area contributed by atoms with Crippen LogP contribution in [0.1, 0.15) is 23.7 Å². The molecule has 94 valence electrons. The van der Waals surface area contributed by atoms with E-state index in [-0.39, 0.29) is 5.56 Å². The Balaban J connectivity index is 2.55. The number of nitrogens with two attached hydrogens (primary N) is 1. The van der Waals surface area contributed by atoms with Gasteiger partial charge in [-0.3, -0.25) is 0 Å². The first-order valence-corrected chi connectivity index (χ1v) is 5.59. The van der Waals surface area contributed by atoms with Gasteiger partial charge in [0.05, 0.1) is 5.56 Å². The third-order valence-electron chi connectivity index (χ3n) is 2.26. The molecule has 5 heteroatoms. The minimum absolute atomic E-state index is 0.196. The summed E-state index contributed by atoms with van der Waals surface area (Å²) in [5.41, 5.74) is 6.78. The molecule has 0 saturated carbocycles. The fourth-order valence-corrected chi connectivity index (χ4v) is 1.43. The topological polar surface area (TPSA) is 84.6 Å². The van der Waals surface area contributed by atoms with Crippen molar-refractivity contribution in [3.63, 3.8) is 0 Å². The van der Waals surface area contributed by atoms with E-state index in [9.17, 15) is 4.79 Å². The lowest BCUT2D eigenvalue weighted by Crippen LogP contribution is -2.10. The van der Waals surface area contributed by atoms with Crippen molar-refractivity contribution in [1.29, 1.82) is 0 Å². The molecule has 0 aliphatic rings. The molecular weight excluding hydrogens is 220 g/mol. The number of carbonyl (C=O) groups is 1. The summed E-state index contributed by atoms with van der Waals surface area (Å²) in [6.45, 7) is 3.98. The number of nitrogens with one attached hydrogen (secondary N) is 1. The van der Waals surface area contributed by atoms with Gasteiger partial charge in [-0.15, -0.1) is 0 Å². The Morgan fingerprint density at radius 2 is 2.29 bits per heavy atom. The summed E-state index contributed by atoms with van der Waals surface area (Å²) in [6, 6.07) is 4.81. The van der Waals surface area contributed by atoms with E-state index in [0.717, 1.165) is 6.42 Å². The van der Waals surface area contributed by atoms with Gasteiger partial charge in [0.2, 0.25) is 0 Å². The number of anilines is 2. The van der Waals surface area contributed by atoms with Crippen LogP contribution in [0, 0.1) is 0 Å². The Hall–Kier alpha value is -1.75. The maximum Gasteiger partial charge on any atom is 0.337 e. The number of ether oxygens (including phenoxy) is 1. The zero-order valence-corrected chi connectivity index (χ0v) is 9.90. The van der Waals surface area contributed by atoms with Gasteiger partial charge in [-0.25, -0.2) is 4.79 Å². The van der Waals surface area contributed by atoms with Crippen LogP contribution in [0.4, 0.5) is 11.4 Å². The molecule has 0 aliphatic heterocycles. The van der Waals surface area contributed by atoms with E-state index in [1.165, 1.54) is 6.07 Å². The van der Waals surface area contributed by atoms with Crippen molar-refractivity contribution in [1.82, 2.24) is 0 Å². The second-order valence-electron chi connectivity index (χ2n) is 3.59. The monoisotopic (exact) mass is 238 g/mol. The van der Waals surface area contributed by atoms with Crippen LogP contribution in [-0.4, -0.2) is 30.8 Å². The van der Waals surface area contributed by atoms with Crippen molar-refractivity contribution in [2.24, 2.45) is 0 Å². The van der Waals surface area contributed by atoms with E-state index in [1.807, 2.05) is 6.92 Å². The number of hydrogen-bond acceptors (Lipinski definition) is 4. The first-order valence-electron chi connectivity index (χ1n) is 5.59. The van der Waals surface area contributed by atoms with Crippen LogP contribution < -0.4 is 11.1 Å². The molecule has 0 aliphatic carbocycles. The van der Waals surface area contributed by atoms with Crippen LogP contribution >= 0.6 is 0 Å². The molecule has 0 radical (unpaired) electrons. The minimum atomic E-state index is -0.982. The van der Waals surface area contributed by atoms with Crippen LogP contribution in [0.5, 0.6) is 0 Å². The summed E-state index contributed by atoms with van der Waals surface area (Å²) in [5.74, 6) is -0.982. The standard InChI is InChI=1S/C12H18N2O3/c1-2-17-7-3-6-14-11-5-4-9(13)8-10(11)12(15)16/h4-5,8,14H,2-3,6-7,13H2,1H3,(H,15,16). The van der Waals surface area contributed by atoms with Gasteiger partial charge in [0.25, 0.3) is 0 Å². The molecule has 0 saturated heterocycles. The second kappa shape index (κ2) is 6.75. The third-order valence-corrected chi connectivity index (χ3v) is 2.26. The van der Waals surface area contributed by atoms with Crippen molar-refractivity contribution in [3.8, 4) is 0 Å². The molecule has 4 N–H and O–H groups in total. The quantitative estimate of drug-likeness (QED) is 0.498. The number of carboxylic acids is 1. The fourth-order valence-electron chi connectivity index (χ4n) is 1.43. The van der Waals surface area contributed by atoms with Gasteiger partial charge in [-0.1, -0.05) is 0 Å². The number of benzene rings is 1. The molecule has 0 atom stereocenters. The predicted molar refractivity (Wildman–Crippen MR) is 67.4 cm³/mol. The van der Waals surface area contributed by atoms with E-state index in [4.69, 9.17) is 15.6 Å². The Morgan fingerprint density at radius 1 is 1.53 bits per heavy atom. The highest BCUT2D eigenvalue weighted by molar-refractivity contribution is 5.95. The van der Waals surface area contributed by atoms with E-state index in [2.05, 4.69) is 5.32 Å². The summed E-state index contributed by atoms with van der Waals surface area (Å²) in [7, 11) is 0. The molecule has 0 aromatic heterocycles. The minimum Gasteiger partial charge on any atom is -0.478 e. The van der Waals surface area contributed by atoms with Gasteiger partial charge in [0.15, 0.2) is 0 Å². The summed E-state index contributed by atoms with van der Waals surface area (Å²) < 4.78 is 5.19. The van der Waals surface area contributed by atoms with E-state index in [1.54, 1.807) is 12.1 Å². The van der Waals surface area contributed by atoms with Gasteiger partial charge >= 0.3 is 5.97 Å². The van der Waals surface area contributed by atoms with Crippen LogP contribution in [0.3, 0.4) is 0 Å². The lowest BCUT2D eigenvalue weighted by molar-refractivity contribution is 0.0698. The average Bonchev–Trinajstić information content (AvgIpc) is 2.30. The number of carboxylic acid groups (broad SMARTS) is 1. The summed E-state index contributed by atoms with van der Waals surface area (Å²) >= 11 is 0. The SMILES string of the molecule is CCOCCCNc1ccc(N)cc1C(=O)O. The van der Waals surface area contributed by atoms with Gasteiger partial charge in [0, 0.05) is 31.1 Å². The number of nitrogen functional groups attached to an aromatic ring is 1. The third kappa shape index (κ3) is 4.32. The maximum absolute atomic E-state index is 11.0. The lowest BCUT2D eigenvalue weighted by atomic mass is 10.1. The molecule has 17 heavy (non-hydrogen) atoms. The van der Waals surface area contributed by atoms with E-state index in [0.29, 0.717) is 31.1 Å². The largest absolute Gasteiger partial charge is 0.478 e. The molecule has 0 amide bonds. The molecular formula is C12H18N2O3. The van der Waals surface area contributed by atoms with Gasteiger partial charge in [0.1, 0.15) is 0 Å². The Labute approximate surface area is 101 Å². The molecule has 1 rings (SSSR count). The Morgan fingerprint density at radius 3 is 2.94 bits per heavy atom. The maximum atomic E-state index is 11.0. The highest BCUT2D eigenvalue weighted by atomic mass is 16.5. The molecule has 0 bridgehead atoms. The van der Waals surface area contributed by atoms with Crippen LogP contribution in [0.15, 0.2) is 18.2 Å². The molecule has 5 nitrogen and oxygen atoms in total. The van der Waals surface area contributed by atoms with E-state index >= 15 is 0 Å². The number of hydrogen-bond donors (Lipinski definition) is 3. The molecule has 0 fully saturated rings. The van der Waals surface area contributed by atoms with Crippen molar-refractivity contribution in [3.05, 3.63) is 23.8 Å².